The molecule has 0 aliphatic carbocycles. The topological polar surface area (TPSA) is 69.2 Å². The number of nitrogens with zero attached hydrogens (tertiary/aromatic N) is 4. The maximum absolute atomic E-state index is 12.9. The van der Waals surface area contributed by atoms with E-state index in [0.717, 1.165) is 12.3 Å². The third-order valence-corrected chi connectivity index (χ3v) is 3.86. The van der Waals surface area contributed by atoms with Crippen molar-refractivity contribution in [2.45, 2.75) is 12.2 Å². The second kappa shape index (κ2) is 7.85. The minimum atomic E-state index is -4.55. The number of hydrogen-bond donors (Lipinski definition) is 1. The molecule has 0 spiro atoms. The van der Waals surface area contributed by atoms with Gasteiger partial charge in [0.15, 0.2) is 12.4 Å². The normalized spacial score (nSPS) is 12.1. The molecule has 5 nitrogen and oxygen atoms in total. The van der Waals surface area contributed by atoms with E-state index in [9.17, 15) is 18.4 Å². The van der Waals surface area contributed by atoms with Crippen molar-refractivity contribution in [3.8, 4) is 6.07 Å². The minimum absolute atomic E-state index is 0. The first-order valence-electron chi connectivity index (χ1n) is 7.03. The van der Waals surface area contributed by atoms with Crippen molar-refractivity contribution in [3.63, 3.8) is 0 Å². The fourth-order valence-electron chi connectivity index (χ4n) is 2.41. The fraction of sp³-hybridized carbons (Fsp3) is 0.125. The summed E-state index contributed by atoms with van der Waals surface area (Å²) in [4.78, 5) is 3.92. The number of aromatic nitrogens is 4. The van der Waals surface area contributed by atoms with Crippen molar-refractivity contribution in [3.05, 3.63) is 76.6 Å². The van der Waals surface area contributed by atoms with E-state index in [2.05, 4.69) is 15.2 Å². The zero-order valence-corrected chi connectivity index (χ0v) is 15.2. The van der Waals surface area contributed by atoms with Gasteiger partial charge in [0.1, 0.15) is 23.0 Å². The lowest BCUT2D eigenvalue weighted by atomic mass is 10.0. The predicted molar refractivity (Wildman–Crippen MR) is 81.4 cm³/mol. The van der Waals surface area contributed by atoms with Crippen LogP contribution in [0.25, 0.3) is 0 Å². The van der Waals surface area contributed by atoms with E-state index in [1.54, 1.807) is 35.2 Å². The van der Waals surface area contributed by atoms with Crippen LogP contribution in [-0.2, 0) is 6.18 Å². The van der Waals surface area contributed by atoms with Crippen molar-refractivity contribution in [2.75, 3.05) is 0 Å². The molecule has 0 radical (unpaired) electrons. The minimum Gasteiger partial charge on any atom is -1.00 e. The Hall–Kier alpha value is -2.44. The zero-order chi connectivity index (χ0) is 18.0. The summed E-state index contributed by atoms with van der Waals surface area (Å²) >= 11 is 6.10. The van der Waals surface area contributed by atoms with E-state index in [1.165, 1.54) is 6.20 Å². The number of pyridine rings is 2. The lowest BCUT2D eigenvalue weighted by Gasteiger charge is -2.14. The average molecular weight is 445 g/mol. The standard InChI is InChI=1S/C16H10ClF3N5.BrH/c17-12-6-11(16(18,19)20)9-22-14(12)15(25-4-2-1-3-5-25)13-10(7-21)8-23-24-13;/h1-6,8-9,15H,(H,23,24);1H/q+1;/p-1. The van der Waals surface area contributed by atoms with Crippen LogP contribution in [0.5, 0.6) is 0 Å². The average Bonchev–Trinajstić information content (AvgIpc) is 3.05. The van der Waals surface area contributed by atoms with Gasteiger partial charge in [-0.1, -0.05) is 17.7 Å². The van der Waals surface area contributed by atoms with Crippen molar-refractivity contribution in [2.24, 2.45) is 0 Å². The molecule has 26 heavy (non-hydrogen) atoms. The summed E-state index contributed by atoms with van der Waals surface area (Å²) in [7, 11) is 0. The summed E-state index contributed by atoms with van der Waals surface area (Å²) in [5.74, 6) is 0. The summed E-state index contributed by atoms with van der Waals surface area (Å²) < 4.78 is 40.2. The molecule has 1 unspecified atom stereocenters. The molecule has 1 atom stereocenters. The summed E-state index contributed by atoms with van der Waals surface area (Å²) in [6, 6.07) is 7.36. The van der Waals surface area contributed by atoms with Gasteiger partial charge in [-0.3, -0.25) is 10.1 Å². The Bertz CT molecular complexity index is 937. The van der Waals surface area contributed by atoms with E-state index in [0.29, 0.717) is 5.69 Å². The number of aromatic amines is 1. The molecule has 0 bridgehead atoms. The Balaban J connectivity index is 0.00000243. The Labute approximate surface area is 161 Å². The number of nitrogens with one attached hydrogen (secondary N) is 1. The van der Waals surface area contributed by atoms with E-state index in [-0.39, 0.29) is 33.3 Å². The van der Waals surface area contributed by atoms with Gasteiger partial charge < -0.3 is 17.0 Å². The van der Waals surface area contributed by atoms with Crippen LogP contribution >= 0.6 is 11.6 Å². The third-order valence-electron chi connectivity index (χ3n) is 3.56. The monoisotopic (exact) mass is 443 g/mol. The highest BCUT2D eigenvalue weighted by atomic mass is 79.9. The highest BCUT2D eigenvalue weighted by Gasteiger charge is 2.35. The SMILES string of the molecule is N#Cc1cn[nH]c1C(c1ncc(C(F)(F)F)cc1Cl)[n+]1ccccc1.[Br-]. The molecule has 3 heterocycles. The number of rotatable bonds is 3. The van der Waals surface area contributed by atoms with Crippen LogP contribution in [-0.4, -0.2) is 15.2 Å². The van der Waals surface area contributed by atoms with Crippen molar-refractivity contribution < 1.29 is 34.7 Å². The maximum atomic E-state index is 12.9. The molecule has 0 aliphatic heterocycles. The Morgan fingerprint density at radius 3 is 2.46 bits per heavy atom. The molecule has 134 valence electrons. The van der Waals surface area contributed by atoms with Crippen LogP contribution in [0.1, 0.15) is 28.6 Å². The van der Waals surface area contributed by atoms with Crippen LogP contribution in [0, 0.1) is 11.3 Å². The van der Waals surface area contributed by atoms with Gasteiger partial charge in [-0.25, -0.2) is 0 Å². The summed E-state index contributed by atoms with van der Waals surface area (Å²) in [6.07, 6.45) is 0.908. The first-order chi connectivity index (χ1) is 11.9. The van der Waals surface area contributed by atoms with E-state index >= 15 is 0 Å². The van der Waals surface area contributed by atoms with Gasteiger partial charge in [0.2, 0.25) is 6.04 Å². The molecule has 0 aliphatic rings. The summed E-state index contributed by atoms with van der Waals surface area (Å²) in [5.41, 5.74) is -0.137. The predicted octanol–water partition coefficient (Wildman–Crippen LogP) is 0.278. The number of nitriles is 1. The Morgan fingerprint density at radius 2 is 1.88 bits per heavy atom. The molecule has 1 N–H and O–H groups in total. The number of halogens is 5. The van der Waals surface area contributed by atoms with Crippen molar-refractivity contribution >= 4 is 11.6 Å². The largest absolute Gasteiger partial charge is 1.00 e. The number of H-pyrrole nitrogens is 1. The van der Waals surface area contributed by atoms with Gasteiger partial charge in [0, 0.05) is 18.3 Å². The van der Waals surface area contributed by atoms with Crippen LogP contribution in [0.4, 0.5) is 13.2 Å². The highest BCUT2D eigenvalue weighted by Crippen LogP contribution is 2.33. The van der Waals surface area contributed by atoms with Crippen molar-refractivity contribution in [1.29, 1.82) is 5.26 Å². The molecular formula is C16H10BrClF3N5. The van der Waals surface area contributed by atoms with Gasteiger partial charge in [0.05, 0.1) is 16.8 Å². The van der Waals surface area contributed by atoms with Crippen LogP contribution in [0.3, 0.4) is 0 Å². The number of hydrogen-bond acceptors (Lipinski definition) is 3. The van der Waals surface area contributed by atoms with Crippen LogP contribution < -0.4 is 21.5 Å². The lowest BCUT2D eigenvalue weighted by molar-refractivity contribution is -0.705. The van der Waals surface area contributed by atoms with Crippen molar-refractivity contribution in [1.82, 2.24) is 15.2 Å². The molecule has 0 amide bonds. The maximum Gasteiger partial charge on any atom is 0.417 e. The van der Waals surface area contributed by atoms with Crippen LogP contribution in [0.2, 0.25) is 5.02 Å². The fourth-order valence-corrected chi connectivity index (χ4v) is 2.68. The molecule has 3 aromatic heterocycles. The molecule has 0 aromatic carbocycles. The molecule has 10 heteroatoms. The first kappa shape index (κ1) is 19.9. The Morgan fingerprint density at radius 1 is 1.19 bits per heavy atom. The molecule has 3 aromatic rings. The third kappa shape index (κ3) is 3.86. The Kier molecular flexibility index (Phi) is 6.00. The molecule has 3 rings (SSSR count). The quantitative estimate of drug-likeness (QED) is 0.590. The van der Waals surface area contributed by atoms with Gasteiger partial charge in [0.25, 0.3) is 0 Å². The smallest absolute Gasteiger partial charge is 0.417 e. The summed E-state index contributed by atoms with van der Waals surface area (Å²) in [5, 5.41) is 15.6. The molecule has 0 saturated heterocycles. The molecular weight excluding hydrogens is 435 g/mol. The van der Waals surface area contributed by atoms with Gasteiger partial charge in [-0.2, -0.15) is 28.1 Å². The lowest BCUT2D eigenvalue weighted by Crippen LogP contribution is -3.00. The highest BCUT2D eigenvalue weighted by molar-refractivity contribution is 6.31. The van der Waals surface area contributed by atoms with Crippen LogP contribution in [0.15, 0.2) is 49.1 Å². The summed E-state index contributed by atoms with van der Waals surface area (Å²) in [6.45, 7) is 0. The second-order valence-electron chi connectivity index (χ2n) is 5.12. The van der Waals surface area contributed by atoms with E-state index in [4.69, 9.17) is 11.6 Å². The zero-order valence-electron chi connectivity index (χ0n) is 12.9. The van der Waals surface area contributed by atoms with Gasteiger partial charge in [-0.15, -0.1) is 0 Å². The number of alkyl halides is 3. The first-order valence-corrected chi connectivity index (χ1v) is 7.41. The van der Waals surface area contributed by atoms with E-state index < -0.39 is 17.8 Å². The van der Waals surface area contributed by atoms with Gasteiger partial charge >= 0.3 is 6.18 Å². The second-order valence-corrected chi connectivity index (χ2v) is 5.53. The molecule has 0 fully saturated rings. The van der Waals surface area contributed by atoms with E-state index in [1.807, 2.05) is 6.07 Å². The van der Waals surface area contributed by atoms with Gasteiger partial charge in [-0.05, 0) is 6.07 Å². The molecule has 0 saturated carbocycles.